The van der Waals surface area contributed by atoms with E-state index in [0.29, 0.717) is 42.6 Å². The number of fused-ring (bicyclic) bond motifs is 3. The highest BCUT2D eigenvalue weighted by Crippen LogP contribution is 2.30. The van der Waals surface area contributed by atoms with Gasteiger partial charge >= 0.3 is 0 Å². The summed E-state index contributed by atoms with van der Waals surface area (Å²) in [4.78, 5) is 27.6. The largest absolute Gasteiger partial charge is 0.494 e. The van der Waals surface area contributed by atoms with Crippen LogP contribution in [0, 0.1) is 11.7 Å². The van der Waals surface area contributed by atoms with Crippen LogP contribution in [0.25, 0.3) is 11.0 Å². The van der Waals surface area contributed by atoms with E-state index in [2.05, 4.69) is 25.4 Å². The molecule has 36 heavy (non-hydrogen) atoms. The maximum absolute atomic E-state index is 14.7. The van der Waals surface area contributed by atoms with E-state index >= 15 is 0 Å². The molecule has 1 amide bonds. The Balaban J connectivity index is 1.22. The van der Waals surface area contributed by atoms with Crippen LogP contribution in [-0.4, -0.2) is 62.9 Å². The van der Waals surface area contributed by atoms with Gasteiger partial charge in [-0.2, -0.15) is 5.10 Å². The first-order valence-corrected chi connectivity index (χ1v) is 11.7. The number of nitrogens with one attached hydrogen (secondary N) is 1. The van der Waals surface area contributed by atoms with E-state index in [1.165, 1.54) is 19.5 Å². The first kappa shape index (κ1) is 22.5. The lowest BCUT2D eigenvalue weighted by Gasteiger charge is -2.30. The summed E-state index contributed by atoms with van der Waals surface area (Å²) < 4.78 is 26.9. The number of benzene rings is 1. The van der Waals surface area contributed by atoms with Gasteiger partial charge in [0.05, 0.1) is 37.5 Å². The summed E-state index contributed by atoms with van der Waals surface area (Å²) in [5.41, 5.74) is 1.69. The molecule has 3 aliphatic rings. The number of methoxy groups -OCH3 is 1. The van der Waals surface area contributed by atoms with Crippen molar-refractivity contribution in [2.24, 2.45) is 10.9 Å². The number of anilines is 1. The molecule has 0 bridgehead atoms. The molecule has 2 atom stereocenters. The number of allylic oxidation sites excluding steroid dienone is 2. The van der Waals surface area contributed by atoms with Gasteiger partial charge in [-0.1, -0.05) is 29.8 Å². The Morgan fingerprint density at radius 1 is 1.33 bits per heavy atom. The average Bonchev–Trinajstić information content (AvgIpc) is 3.51. The van der Waals surface area contributed by atoms with Crippen LogP contribution in [0.2, 0.25) is 5.02 Å². The number of carbonyl (C=O) groups excluding carboxylic acids is 1. The van der Waals surface area contributed by atoms with Gasteiger partial charge in [0.2, 0.25) is 5.91 Å². The van der Waals surface area contributed by atoms with E-state index in [0.717, 1.165) is 5.57 Å². The van der Waals surface area contributed by atoms with Crippen LogP contribution in [0.3, 0.4) is 0 Å². The summed E-state index contributed by atoms with van der Waals surface area (Å²) in [6.07, 6.45) is 9.02. The second-order valence-corrected chi connectivity index (χ2v) is 8.96. The number of aliphatic imine (C=N–C) groups is 1. The van der Waals surface area contributed by atoms with Crippen molar-refractivity contribution in [3.63, 3.8) is 0 Å². The lowest BCUT2D eigenvalue weighted by molar-refractivity contribution is -0.130. The normalized spacial score (nSPS) is 20.5. The number of aromatic nitrogens is 4. The van der Waals surface area contributed by atoms with Crippen molar-refractivity contribution >= 4 is 40.4 Å². The van der Waals surface area contributed by atoms with Crippen molar-refractivity contribution in [1.82, 2.24) is 24.6 Å². The zero-order valence-electron chi connectivity index (χ0n) is 19.2. The number of halogens is 2. The van der Waals surface area contributed by atoms with Crippen LogP contribution in [0.5, 0.6) is 5.75 Å². The Labute approximate surface area is 210 Å². The minimum atomic E-state index is -0.526. The molecule has 3 aromatic rings. The standard InChI is InChI=1S/C24H21ClFN7O3/c1-35-19-5-3-17(25)15(20(19)26)9-27-21-16-11-32(31-22(16)29-12-28-21)10-13-2-4-18-14(8-13)23(34)33-6-7-36-24(33)30-18/h2-5,8,11-12,14,18H,6-7,9-10H2,1H3,(H,27,28,29,31). The molecule has 1 N–H and O–H groups in total. The van der Waals surface area contributed by atoms with Gasteiger partial charge in [0, 0.05) is 23.3 Å². The second-order valence-electron chi connectivity index (χ2n) is 8.55. The predicted molar refractivity (Wildman–Crippen MR) is 130 cm³/mol. The molecular formula is C24H21ClFN7O3. The average molecular weight is 510 g/mol. The summed E-state index contributed by atoms with van der Waals surface area (Å²) in [7, 11) is 1.40. The van der Waals surface area contributed by atoms with Crippen LogP contribution in [-0.2, 0) is 22.6 Å². The molecule has 2 aliphatic heterocycles. The van der Waals surface area contributed by atoms with Crippen molar-refractivity contribution in [3.8, 4) is 5.75 Å². The minimum absolute atomic E-state index is 0.00392. The molecule has 0 saturated carbocycles. The summed E-state index contributed by atoms with van der Waals surface area (Å²) >= 11 is 6.20. The van der Waals surface area contributed by atoms with Crippen molar-refractivity contribution in [3.05, 3.63) is 64.9 Å². The number of ether oxygens (including phenoxy) is 2. The number of carbonyl (C=O) groups is 1. The van der Waals surface area contributed by atoms with Crippen LogP contribution in [0.15, 0.2) is 53.5 Å². The molecule has 1 fully saturated rings. The van der Waals surface area contributed by atoms with Gasteiger partial charge in [-0.25, -0.2) is 19.4 Å². The number of amides is 1. The second kappa shape index (κ2) is 8.90. The molecular weight excluding hydrogens is 489 g/mol. The summed E-state index contributed by atoms with van der Waals surface area (Å²) in [5.74, 6) is -0.280. The summed E-state index contributed by atoms with van der Waals surface area (Å²) in [6, 6.07) is 3.22. The van der Waals surface area contributed by atoms with Gasteiger partial charge < -0.3 is 14.8 Å². The topological polar surface area (TPSA) is 107 Å². The van der Waals surface area contributed by atoms with E-state index in [1.54, 1.807) is 15.6 Å². The Bertz CT molecular complexity index is 1470. The molecule has 1 aromatic carbocycles. The molecule has 1 saturated heterocycles. The Morgan fingerprint density at radius 3 is 3.08 bits per heavy atom. The zero-order chi connectivity index (χ0) is 24.8. The third-order valence-electron chi connectivity index (χ3n) is 6.37. The van der Waals surface area contributed by atoms with Gasteiger partial charge in [0.1, 0.15) is 18.8 Å². The van der Waals surface area contributed by atoms with Crippen LogP contribution < -0.4 is 10.1 Å². The number of rotatable bonds is 6. The summed E-state index contributed by atoms with van der Waals surface area (Å²) in [5, 5.41) is 8.63. The van der Waals surface area contributed by atoms with Crippen molar-refractivity contribution < 1.29 is 18.7 Å². The minimum Gasteiger partial charge on any atom is -0.494 e. The number of hydrogen-bond acceptors (Lipinski definition) is 8. The van der Waals surface area contributed by atoms with Gasteiger partial charge in [-0.05, 0) is 17.7 Å². The predicted octanol–water partition coefficient (Wildman–Crippen LogP) is 2.95. The molecule has 1 aliphatic carbocycles. The molecule has 10 nitrogen and oxygen atoms in total. The highest BCUT2D eigenvalue weighted by atomic mass is 35.5. The van der Waals surface area contributed by atoms with Gasteiger partial charge in [-0.15, -0.1) is 0 Å². The van der Waals surface area contributed by atoms with Gasteiger partial charge in [-0.3, -0.25) is 14.4 Å². The van der Waals surface area contributed by atoms with Crippen molar-refractivity contribution in [2.45, 2.75) is 19.1 Å². The zero-order valence-corrected chi connectivity index (χ0v) is 19.9. The SMILES string of the molecule is COc1ccc(Cl)c(CNc2ncnc3nn(CC4=CC5C(=O)N6CCOC6=NC5C=C4)cc23)c1F. The molecule has 12 heteroatoms. The van der Waals surface area contributed by atoms with Gasteiger partial charge in [0.15, 0.2) is 17.2 Å². The molecule has 2 aromatic heterocycles. The summed E-state index contributed by atoms with van der Waals surface area (Å²) in [6.45, 7) is 1.53. The number of hydrogen-bond donors (Lipinski definition) is 1. The maximum atomic E-state index is 14.7. The van der Waals surface area contributed by atoms with E-state index in [9.17, 15) is 9.18 Å². The fourth-order valence-electron chi connectivity index (χ4n) is 4.55. The van der Waals surface area contributed by atoms with E-state index in [1.807, 2.05) is 24.4 Å². The van der Waals surface area contributed by atoms with Gasteiger partial charge in [0.25, 0.3) is 6.02 Å². The molecule has 4 heterocycles. The first-order valence-electron chi connectivity index (χ1n) is 11.4. The smallest absolute Gasteiger partial charge is 0.294 e. The molecule has 6 rings (SSSR count). The van der Waals surface area contributed by atoms with Crippen LogP contribution >= 0.6 is 11.6 Å². The molecule has 0 spiro atoms. The Kier molecular flexibility index (Phi) is 5.56. The van der Waals surface area contributed by atoms with E-state index in [4.69, 9.17) is 21.1 Å². The lowest BCUT2D eigenvalue weighted by atomic mass is 9.89. The number of nitrogens with zero attached hydrogens (tertiary/aromatic N) is 6. The van der Waals surface area contributed by atoms with Crippen molar-refractivity contribution in [1.29, 1.82) is 0 Å². The highest BCUT2D eigenvalue weighted by molar-refractivity contribution is 6.31. The quantitative estimate of drug-likeness (QED) is 0.544. The van der Waals surface area contributed by atoms with E-state index in [-0.39, 0.29) is 40.7 Å². The van der Waals surface area contributed by atoms with Crippen LogP contribution in [0.4, 0.5) is 10.2 Å². The maximum Gasteiger partial charge on any atom is 0.294 e. The number of amidine groups is 1. The molecule has 0 radical (unpaired) electrons. The first-order chi connectivity index (χ1) is 17.5. The lowest BCUT2D eigenvalue weighted by Crippen LogP contribution is -2.46. The van der Waals surface area contributed by atoms with E-state index < -0.39 is 5.82 Å². The fraction of sp³-hybridized carbons (Fsp3) is 0.292. The monoisotopic (exact) mass is 509 g/mol. The van der Waals surface area contributed by atoms with Crippen LogP contribution in [0.1, 0.15) is 5.56 Å². The Morgan fingerprint density at radius 2 is 2.22 bits per heavy atom. The third-order valence-corrected chi connectivity index (χ3v) is 6.72. The highest BCUT2D eigenvalue weighted by Gasteiger charge is 2.40. The third kappa shape index (κ3) is 3.85. The van der Waals surface area contributed by atoms with Crippen molar-refractivity contribution in [2.75, 3.05) is 25.6 Å². The Hall–Kier alpha value is -3.99. The molecule has 184 valence electrons. The fourth-order valence-corrected chi connectivity index (χ4v) is 4.77. The molecule has 2 unspecified atom stereocenters.